The Hall–Kier alpha value is -5.40. The highest BCUT2D eigenvalue weighted by Crippen LogP contribution is 2.42. The zero-order valence-electron chi connectivity index (χ0n) is 23.7. The summed E-state index contributed by atoms with van der Waals surface area (Å²) in [5.74, 6) is -5.00. The van der Waals surface area contributed by atoms with Gasteiger partial charge in [0.1, 0.15) is 23.6 Å². The Morgan fingerprint density at radius 2 is 1.70 bits per heavy atom. The van der Waals surface area contributed by atoms with Crippen LogP contribution in [0.3, 0.4) is 0 Å². The summed E-state index contributed by atoms with van der Waals surface area (Å²) in [6.45, 7) is 2.72. The lowest BCUT2D eigenvalue weighted by molar-refractivity contribution is -0.146. The Balaban J connectivity index is 1.90. The van der Waals surface area contributed by atoms with Crippen LogP contribution in [-0.2, 0) is 33.4 Å². The molecule has 4 amide bonds. The lowest BCUT2D eigenvalue weighted by Gasteiger charge is -2.29. The van der Waals surface area contributed by atoms with Gasteiger partial charge in [0.05, 0.1) is 19.2 Å². The summed E-state index contributed by atoms with van der Waals surface area (Å²) in [6, 6.07) is 9.37. The number of benzene rings is 3. The molecule has 1 unspecified atom stereocenters. The van der Waals surface area contributed by atoms with E-state index in [2.05, 4.69) is 21.3 Å². The highest BCUT2D eigenvalue weighted by Gasteiger charge is 2.35. The second kappa shape index (κ2) is 12.2. The minimum atomic E-state index is -1.67. The van der Waals surface area contributed by atoms with Gasteiger partial charge in [-0.2, -0.15) is 0 Å². The molecule has 14 heteroatoms. The molecule has 0 saturated carbocycles. The summed E-state index contributed by atoms with van der Waals surface area (Å²) in [4.78, 5) is 76.3. The number of esters is 2. The van der Waals surface area contributed by atoms with Crippen molar-refractivity contribution in [3.63, 3.8) is 0 Å². The van der Waals surface area contributed by atoms with Gasteiger partial charge in [-0.15, -0.1) is 0 Å². The number of hydrogen-bond acceptors (Lipinski definition) is 10. The molecular formula is C29H30N4O10. The molecule has 0 spiro atoms. The van der Waals surface area contributed by atoms with E-state index in [1.165, 1.54) is 39.0 Å². The summed E-state index contributed by atoms with van der Waals surface area (Å²) < 4.78 is 16.1. The maximum atomic E-state index is 13.4. The lowest BCUT2D eigenvalue weighted by atomic mass is 9.98. The predicted octanol–water partition coefficient (Wildman–Crippen LogP) is 0.379. The van der Waals surface area contributed by atoms with Crippen molar-refractivity contribution in [3.8, 4) is 11.5 Å². The van der Waals surface area contributed by atoms with Gasteiger partial charge in [0.15, 0.2) is 6.04 Å². The minimum Gasteiger partial charge on any atom is -0.507 e. The second-order valence-electron chi connectivity index (χ2n) is 10.2. The van der Waals surface area contributed by atoms with Crippen LogP contribution < -0.4 is 26.0 Å². The number of phenols is 1. The van der Waals surface area contributed by atoms with Crippen LogP contribution in [0.25, 0.3) is 21.5 Å². The summed E-state index contributed by atoms with van der Waals surface area (Å²) in [5.41, 5.74) is -1.62. The van der Waals surface area contributed by atoms with E-state index in [-0.39, 0.29) is 27.8 Å². The summed E-state index contributed by atoms with van der Waals surface area (Å²) >= 11 is 0. The number of fused-ring (bicyclic) bond motifs is 3. The first kappa shape index (κ1) is 30.6. The Bertz CT molecular complexity index is 1650. The Labute approximate surface area is 245 Å². The predicted molar refractivity (Wildman–Crippen MR) is 151 cm³/mol. The van der Waals surface area contributed by atoms with Gasteiger partial charge < -0.3 is 40.6 Å². The van der Waals surface area contributed by atoms with Gasteiger partial charge >= 0.3 is 11.9 Å². The van der Waals surface area contributed by atoms with Crippen molar-refractivity contribution < 1.29 is 48.1 Å². The number of aromatic hydroxyl groups is 1. The minimum absolute atomic E-state index is 0.0167. The van der Waals surface area contributed by atoms with E-state index in [9.17, 15) is 33.9 Å². The van der Waals surface area contributed by atoms with Gasteiger partial charge in [-0.05, 0) is 32.0 Å². The third-order valence-corrected chi connectivity index (χ3v) is 6.60. The molecule has 5 N–H and O–H groups in total. The second-order valence-corrected chi connectivity index (χ2v) is 10.2. The van der Waals surface area contributed by atoms with Gasteiger partial charge in [-0.1, -0.05) is 24.3 Å². The highest BCUT2D eigenvalue weighted by molar-refractivity contribution is 6.12. The zero-order chi connectivity index (χ0) is 31.5. The van der Waals surface area contributed by atoms with Crippen LogP contribution in [0.4, 0.5) is 0 Å². The van der Waals surface area contributed by atoms with E-state index in [1.54, 1.807) is 24.3 Å². The van der Waals surface area contributed by atoms with Crippen molar-refractivity contribution in [1.29, 1.82) is 0 Å². The number of carbonyl (C=O) groups is 6. The fraction of sp³-hybridized carbons (Fsp3) is 0.310. The molecule has 0 saturated heterocycles. The average molecular weight is 595 g/mol. The lowest BCUT2D eigenvalue weighted by Crippen LogP contribution is -2.61. The topological polar surface area (TPSA) is 198 Å². The van der Waals surface area contributed by atoms with Crippen LogP contribution in [0.2, 0.25) is 0 Å². The number of methoxy groups -OCH3 is 1. The van der Waals surface area contributed by atoms with E-state index in [1.807, 2.05) is 0 Å². The van der Waals surface area contributed by atoms with Crippen LogP contribution in [-0.4, -0.2) is 78.7 Å². The standard InChI is InChI=1S/C29H30N4O10/c1-14(34)31-25-24(37)33-29(2,3)28(40)30-12-21(35)32-20(27(39)41-4)13-42-26(38)15-9-10-17-19(11-15)23(43-25)18-8-6-5-7-16(18)22(17)36/h5-11,20,25,36H,12-13H2,1-4H3,(H,30,40)(H,31,34)(H,32,35)(H,33,37)/t20-,25?/m0/s1. The normalized spacial score (nSPS) is 19.6. The molecule has 1 heterocycles. The summed E-state index contributed by atoms with van der Waals surface area (Å²) in [7, 11) is 1.09. The first-order valence-electron chi connectivity index (χ1n) is 13.1. The maximum absolute atomic E-state index is 13.4. The number of ether oxygens (including phenoxy) is 3. The molecule has 43 heavy (non-hydrogen) atoms. The van der Waals surface area contributed by atoms with Gasteiger partial charge in [-0.25, -0.2) is 9.59 Å². The van der Waals surface area contributed by atoms with Gasteiger partial charge in [0.25, 0.3) is 12.1 Å². The molecular weight excluding hydrogens is 564 g/mol. The Morgan fingerprint density at radius 1 is 1.02 bits per heavy atom. The fourth-order valence-corrected chi connectivity index (χ4v) is 4.43. The van der Waals surface area contributed by atoms with Crippen LogP contribution in [0.5, 0.6) is 11.5 Å². The third-order valence-electron chi connectivity index (χ3n) is 6.60. The van der Waals surface area contributed by atoms with E-state index < -0.39 is 66.5 Å². The first-order valence-corrected chi connectivity index (χ1v) is 13.1. The molecule has 14 nitrogen and oxygen atoms in total. The number of amides is 4. The number of nitrogens with one attached hydrogen (secondary N) is 4. The number of cyclic esters (lactones) is 1. The molecule has 1 aliphatic rings. The quantitative estimate of drug-likeness (QED) is 0.204. The average Bonchev–Trinajstić information content (AvgIpc) is 2.97. The van der Waals surface area contributed by atoms with E-state index in [0.29, 0.717) is 10.8 Å². The maximum Gasteiger partial charge on any atom is 0.338 e. The van der Waals surface area contributed by atoms with Crippen LogP contribution in [0.15, 0.2) is 42.5 Å². The molecule has 3 aromatic carbocycles. The Kier molecular flexibility index (Phi) is 8.69. The summed E-state index contributed by atoms with van der Waals surface area (Å²) in [6.07, 6.45) is -1.67. The SMILES string of the molecule is COC(=O)[C@@H]1COC(=O)c2ccc3c(O)c4ccccc4c(c3c2)OC(NC(C)=O)C(=O)NC(C)(C)C(=O)NCC(=O)N1. The van der Waals surface area contributed by atoms with E-state index in [4.69, 9.17) is 14.2 Å². The molecule has 0 radical (unpaired) electrons. The first-order chi connectivity index (χ1) is 20.3. The molecule has 226 valence electrons. The van der Waals surface area contributed by atoms with Gasteiger partial charge in [-0.3, -0.25) is 19.2 Å². The van der Waals surface area contributed by atoms with Crippen molar-refractivity contribution in [2.75, 3.05) is 20.3 Å². The number of phenolic OH excluding ortho intramolecular Hbond substituents is 1. The Morgan fingerprint density at radius 3 is 2.37 bits per heavy atom. The van der Waals surface area contributed by atoms with Crippen molar-refractivity contribution in [2.24, 2.45) is 0 Å². The zero-order valence-corrected chi connectivity index (χ0v) is 23.7. The van der Waals surface area contributed by atoms with E-state index >= 15 is 0 Å². The molecule has 0 aliphatic carbocycles. The van der Waals surface area contributed by atoms with Crippen molar-refractivity contribution >= 4 is 57.1 Å². The van der Waals surface area contributed by atoms with Crippen LogP contribution in [0, 0.1) is 0 Å². The monoisotopic (exact) mass is 594 g/mol. The number of hydrogen-bond donors (Lipinski definition) is 5. The van der Waals surface area contributed by atoms with Crippen molar-refractivity contribution in [3.05, 3.63) is 48.0 Å². The van der Waals surface area contributed by atoms with Gasteiger partial charge in [0.2, 0.25) is 17.7 Å². The fourth-order valence-electron chi connectivity index (χ4n) is 4.43. The molecule has 3 aromatic rings. The molecule has 2 atom stereocenters. The van der Waals surface area contributed by atoms with Crippen LogP contribution >= 0.6 is 0 Å². The number of carbonyl (C=O) groups excluding carboxylic acids is 6. The largest absolute Gasteiger partial charge is 0.507 e. The summed E-state index contributed by atoms with van der Waals surface area (Å²) in [5, 5.41) is 21.8. The molecule has 1 aliphatic heterocycles. The smallest absolute Gasteiger partial charge is 0.338 e. The third kappa shape index (κ3) is 6.58. The van der Waals surface area contributed by atoms with Crippen molar-refractivity contribution in [2.45, 2.75) is 38.6 Å². The van der Waals surface area contributed by atoms with Gasteiger partial charge in [0, 0.05) is 28.5 Å². The van der Waals surface area contributed by atoms with Crippen molar-refractivity contribution in [1.82, 2.24) is 21.3 Å². The molecule has 0 aromatic heterocycles. The molecule has 4 rings (SSSR count). The van der Waals surface area contributed by atoms with Crippen LogP contribution in [0.1, 0.15) is 31.1 Å². The molecule has 0 fully saturated rings. The van der Waals surface area contributed by atoms with E-state index in [0.717, 1.165) is 7.11 Å². The highest BCUT2D eigenvalue weighted by atomic mass is 16.5. The number of rotatable bonds is 2. The molecule has 2 bridgehead atoms.